The maximum absolute atomic E-state index is 12.7. The summed E-state index contributed by atoms with van der Waals surface area (Å²) in [7, 11) is -3.55. The van der Waals surface area contributed by atoms with Crippen LogP contribution < -0.4 is 5.32 Å². The van der Waals surface area contributed by atoms with Crippen molar-refractivity contribution in [3.8, 4) is 0 Å². The number of carboxylic acid groups (broad SMARTS) is 1. The monoisotopic (exact) mass is 368 g/mol. The van der Waals surface area contributed by atoms with Crippen LogP contribution >= 0.6 is 0 Å². The van der Waals surface area contributed by atoms with Gasteiger partial charge in [0.2, 0.25) is 10.0 Å². The number of hydrogen-bond donors (Lipinski definition) is 2. The number of amides is 1. The Bertz CT molecular complexity index is 730. The lowest BCUT2D eigenvalue weighted by Gasteiger charge is -2.30. The van der Waals surface area contributed by atoms with Gasteiger partial charge < -0.3 is 10.4 Å². The molecule has 2 atom stereocenters. The van der Waals surface area contributed by atoms with Crippen LogP contribution in [0.3, 0.4) is 0 Å². The van der Waals surface area contributed by atoms with Gasteiger partial charge in [0.25, 0.3) is 5.91 Å². The third-order valence-electron chi connectivity index (χ3n) is 4.23. The zero-order chi connectivity index (χ0) is 18.6. The highest BCUT2D eigenvalue weighted by molar-refractivity contribution is 7.89. The molecule has 0 radical (unpaired) electrons. The number of carbonyl (C=O) groups excluding carboxylic acids is 1. The van der Waals surface area contributed by atoms with Gasteiger partial charge in [-0.3, -0.25) is 9.59 Å². The molecule has 1 aliphatic heterocycles. The molecule has 2 rings (SSSR count). The summed E-state index contributed by atoms with van der Waals surface area (Å²) in [5.74, 6) is -1.08. The first-order chi connectivity index (χ1) is 11.7. The van der Waals surface area contributed by atoms with Crippen LogP contribution in [0.1, 0.15) is 43.5 Å². The van der Waals surface area contributed by atoms with Gasteiger partial charge in [-0.25, -0.2) is 8.42 Å². The van der Waals surface area contributed by atoms with Crippen molar-refractivity contribution in [2.75, 3.05) is 13.1 Å². The average molecular weight is 368 g/mol. The Balaban J connectivity index is 2.08. The summed E-state index contributed by atoms with van der Waals surface area (Å²) in [6, 6.07) is 5.23. The van der Waals surface area contributed by atoms with Crippen LogP contribution in [-0.2, 0) is 14.8 Å². The molecule has 0 aliphatic carbocycles. The maximum atomic E-state index is 12.7. The Hall–Kier alpha value is -1.93. The fourth-order valence-electron chi connectivity index (χ4n) is 2.91. The van der Waals surface area contributed by atoms with E-state index in [0.29, 0.717) is 24.6 Å². The molecule has 1 aliphatic rings. The summed E-state index contributed by atoms with van der Waals surface area (Å²) in [6.07, 6.45) is 1.70. The van der Waals surface area contributed by atoms with Crippen LogP contribution in [0.4, 0.5) is 0 Å². The van der Waals surface area contributed by atoms with Gasteiger partial charge in [0, 0.05) is 24.7 Å². The predicted octanol–water partition coefficient (Wildman–Crippen LogP) is 1.70. The second-order valence-electron chi connectivity index (χ2n) is 6.61. The van der Waals surface area contributed by atoms with Crippen molar-refractivity contribution in [1.29, 1.82) is 0 Å². The summed E-state index contributed by atoms with van der Waals surface area (Å²) in [4.78, 5) is 22.9. The van der Waals surface area contributed by atoms with Crippen molar-refractivity contribution >= 4 is 21.9 Å². The molecule has 2 N–H and O–H groups in total. The van der Waals surface area contributed by atoms with Crippen LogP contribution in [0.5, 0.6) is 0 Å². The average Bonchev–Trinajstić information content (AvgIpc) is 2.54. The third-order valence-corrected chi connectivity index (χ3v) is 6.11. The standard InChI is InChI=1S/C17H24N2O5S/c1-12-4-3-9-19(11-12)25(23,24)15-7-5-14(6-8-15)17(22)18-13(2)10-16(20)21/h5-8,12-13H,3-4,9-11H2,1-2H3,(H,18,22)(H,20,21). The zero-order valence-electron chi connectivity index (χ0n) is 14.4. The first kappa shape index (κ1) is 19.4. The molecule has 1 amide bonds. The molecule has 1 aromatic rings. The molecule has 1 saturated heterocycles. The van der Waals surface area contributed by atoms with Crippen LogP contribution in [0.15, 0.2) is 29.2 Å². The maximum Gasteiger partial charge on any atom is 0.305 e. The molecule has 7 nitrogen and oxygen atoms in total. The molecule has 2 unspecified atom stereocenters. The van der Waals surface area contributed by atoms with Crippen molar-refractivity contribution in [2.45, 2.75) is 44.0 Å². The number of hydrogen-bond acceptors (Lipinski definition) is 4. The van der Waals surface area contributed by atoms with Crippen LogP contribution in [0.25, 0.3) is 0 Å². The van der Waals surface area contributed by atoms with Crippen LogP contribution in [0.2, 0.25) is 0 Å². The van der Waals surface area contributed by atoms with E-state index in [1.54, 1.807) is 6.92 Å². The Morgan fingerprint density at radius 1 is 1.32 bits per heavy atom. The molecule has 25 heavy (non-hydrogen) atoms. The van der Waals surface area contributed by atoms with Gasteiger partial charge in [0.05, 0.1) is 11.3 Å². The van der Waals surface area contributed by atoms with E-state index in [-0.39, 0.29) is 11.3 Å². The third kappa shape index (κ3) is 5.02. The molecule has 1 aromatic carbocycles. The van der Waals surface area contributed by atoms with Gasteiger partial charge in [-0.2, -0.15) is 4.31 Å². The number of aliphatic carboxylic acids is 1. The molecule has 0 bridgehead atoms. The van der Waals surface area contributed by atoms with E-state index in [4.69, 9.17) is 5.11 Å². The Kier molecular flexibility index (Phi) is 6.18. The van der Waals surface area contributed by atoms with E-state index >= 15 is 0 Å². The first-order valence-corrected chi connectivity index (χ1v) is 9.77. The lowest BCUT2D eigenvalue weighted by Crippen LogP contribution is -2.39. The summed E-state index contributed by atoms with van der Waals surface area (Å²) >= 11 is 0. The highest BCUT2D eigenvalue weighted by Gasteiger charge is 2.28. The highest BCUT2D eigenvalue weighted by atomic mass is 32.2. The lowest BCUT2D eigenvalue weighted by atomic mass is 10.0. The minimum absolute atomic E-state index is 0.164. The second-order valence-corrected chi connectivity index (χ2v) is 8.55. The van der Waals surface area contributed by atoms with Crippen molar-refractivity contribution in [1.82, 2.24) is 9.62 Å². The molecule has 0 saturated carbocycles. The summed E-state index contributed by atoms with van der Waals surface area (Å²) < 4.78 is 26.8. The Morgan fingerprint density at radius 3 is 2.52 bits per heavy atom. The van der Waals surface area contributed by atoms with Gasteiger partial charge in [0.15, 0.2) is 0 Å². The summed E-state index contributed by atoms with van der Waals surface area (Å²) in [5, 5.41) is 11.3. The normalized spacial score (nSPS) is 20.0. The molecule has 8 heteroatoms. The molecule has 138 valence electrons. The first-order valence-electron chi connectivity index (χ1n) is 8.33. The van der Waals surface area contributed by atoms with E-state index in [1.807, 2.05) is 6.92 Å². The topological polar surface area (TPSA) is 104 Å². The van der Waals surface area contributed by atoms with Gasteiger partial charge in [-0.15, -0.1) is 0 Å². The van der Waals surface area contributed by atoms with Crippen LogP contribution in [0, 0.1) is 5.92 Å². The van der Waals surface area contributed by atoms with Crippen LogP contribution in [-0.4, -0.2) is 48.8 Å². The largest absolute Gasteiger partial charge is 0.481 e. The summed E-state index contributed by atoms with van der Waals surface area (Å²) in [5.41, 5.74) is 0.295. The number of piperidine rings is 1. The molecular formula is C17H24N2O5S. The number of sulfonamides is 1. The van der Waals surface area contributed by atoms with Gasteiger partial charge >= 0.3 is 5.97 Å². The number of carboxylic acids is 1. The molecule has 0 aromatic heterocycles. The summed E-state index contributed by atoms with van der Waals surface area (Å²) in [6.45, 7) is 4.66. The fraction of sp³-hybridized carbons (Fsp3) is 0.529. The van der Waals surface area contributed by atoms with Crippen molar-refractivity contribution in [3.05, 3.63) is 29.8 Å². The Morgan fingerprint density at radius 2 is 1.96 bits per heavy atom. The molecular weight excluding hydrogens is 344 g/mol. The molecule has 1 heterocycles. The van der Waals surface area contributed by atoms with E-state index in [2.05, 4.69) is 5.32 Å². The molecule has 1 fully saturated rings. The highest BCUT2D eigenvalue weighted by Crippen LogP contribution is 2.23. The zero-order valence-corrected chi connectivity index (χ0v) is 15.3. The van der Waals surface area contributed by atoms with Gasteiger partial charge in [-0.05, 0) is 49.9 Å². The number of rotatable bonds is 6. The van der Waals surface area contributed by atoms with E-state index in [9.17, 15) is 18.0 Å². The smallest absolute Gasteiger partial charge is 0.305 e. The minimum atomic E-state index is -3.55. The quantitative estimate of drug-likeness (QED) is 0.795. The second kappa shape index (κ2) is 7.97. The number of nitrogens with zero attached hydrogens (tertiary/aromatic N) is 1. The minimum Gasteiger partial charge on any atom is -0.481 e. The number of benzene rings is 1. The molecule has 0 spiro atoms. The van der Waals surface area contributed by atoms with Crippen molar-refractivity contribution in [3.63, 3.8) is 0 Å². The van der Waals surface area contributed by atoms with E-state index in [1.165, 1.54) is 28.6 Å². The Labute approximate surface area is 148 Å². The predicted molar refractivity (Wildman–Crippen MR) is 92.8 cm³/mol. The van der Waals surface area contributed by atoms with Gasteiger partial charge in [-0.1, -0.05) is 6.92 Å². The SMILES string of the molecule is CC1CCCN(S(=O)(=O)c2ccc(C(=O)NC(C)CC(=O)O)cc2)C1. The number of nitrogens with one attached hydrogen (secondary N) is 1. The number of carbonyl (C=O) groups is 2. The fourth-order valence-corrected chi connectivity index (χ4v) is 4.51. The van der Waals surface area contributed by atoms with Crippen molar-refractivity contribution in [2.24, 2.45) is 5.92 Å². The van der Waals surface area contributed by atoms with E-state index in [0.717, 1.165) is 12.8 Å². The van der Waals surface area contributed by atoms with Gasteiger partial charge in [0.1, 0.15) is 0 Å². The lowest BCUT2D eigenvalue weighted by molar-refractivity contribution is -0.137. The van der Waals surface area contributed by atoms with E-state index < -0.39 is 27.9 Å². The van der Waals surface area contributed by atoms with Crippen molar-refractivity contribution < 1.29 is 23.1 Å².